The van der Waals surface area contributed by atoms with Crippen LogP contribution in [-0.2, 0) is 16.1 Å². The van der Waals surface area contributed by atoms with Gasteiger partial charge in [0.2, 0.25) is 0 Å². The average molecular weight is 451 g/mol. The molecular formula is C27H34N2O4. The Labute approximate surface area is 195 Å². The molecule has 0 bridgehead atoms. The number of nitrogens with one attached hydrogen (secondary N) is 2. The van der Waals surface area contributed by atoms with Gasteiger partial charge in [-0.3, -0.25) is 0 Å². The van der Waals surface area contributed by atoms with Crippen molar-refractivity contribution in [3.05, 3.63) is 77.9 Å². The van der Waals surface area contributed by atoms with E-state index in [1.54, 1.807) is 6.07 Å². The highest BCUT2D eigenvalue weighted by atomic mass is 17.2. The van der Waals surface area contributed by atoms with Gasteiger partial charge < -0.3 is 15.2 Å². The first-order valence-electron chi connectivity index (χ1n) is 11.6. The van der Waals surface area contributed by atoms with Crippen molar-refractivity contribution < 1.29 is 20.1 Å². The number of aliphatic hydroxyl groups excluding tert-OH is 1. The second-order valence-electron chi connectivity index (χ2n) is 9.69. The molecule has 1 aliphatic rings. The van der Waals surface area contributed by atoms with Gasteiger partial charge in [0.1, 0.15) is 0 Å². The van der Waals surface area contributed by atoms with Crippen molar-refractivity contribution in [2.75, 3.05) is 18.6 Å². The Balaban J connectivity index is 1.29. The van der Waals surface area contributed by atoms with Crippen LogP contribution in [0.4, 0.5) is 5.69 Å². The third kappa shape index (κ3) is 6.76. The number of hydrogen-bond acceptors (Lipinski definition) is 6. The van der Waals surface area contributed by atoms with Crippen molar-refractivity contribution in [2.45, 2.75) is 50.9 Å². The SMILES string of the molecule is CC(C)(Cc1ccc2ccccc2c1)NCC(O)COC(c1cccc(NOO)c1)C1CC1. The monoisotopic (exact) mass is 450 g/mol. The van der Waals surface area contributed by atoms with E-state index in [4.69, 9.17) is 9.99 Å². The fourth-order valence-electron chi connectivity index (χ4n) is 4.32. The zero-order chi connectivity index (χ0) is 23.3. The fraction of sp³-hybridized carbons (Fsp3) is 0.407. The summed E-state index contributed by atoms with van der Waals surface area (Å²) < 4.78 is 6.16. The fourth-order valence-corrected chi connectivity index (χ4v) is 4.32. The third-order valence-electron chi connectivity index (χ3n) is 6.17. The van der Waals surface area contributed by atoms with Gasteiger partial charge in [0, 0.05) is 12.1 Å². The number of β-amino-alcohol motifs (C(OH)–C–C–N with tert-alkyl or cyclic N) is 1. The molecule has 0 aromatic heterocycles. The topological polar surface area (TPSA) is 83.0 Å². The first kappa shape index (κ1) is 23.7. The van der Waals surface area contributed by atoms with E-state index in [9.17, 15) is 5.11 Å². The number of rotatable bonds is 12. The maximum Gasteiger partial charge on any atom is 0.0898 e. The molecule has 2 atom stereocenters. The molecular weight excluding hydrogens is 416 g/mol. The van der Waals surface area contributed by atoms with E-state index in [1.807, 2.05) is 18.2 Å². The van der Waals surface area contributed by atoms with Crippen LogP contribution < -0.4 is 10.8 Å². The van der Waals surface area contributed by atoms with Crippen LogP contribution in [0.25, 0.3) is 10.8 Å². The molecule has 1 saturated carbocycles. The lowest BCUT2D eigenvalue weighted by molar-refractivity contribution is -0.215. The second-order valence-corrected chi connectivity index (χ2v) is 9.69. The van der Waals surface area contributed by atoms with E-state index in [1.165, 1.54) is 16.3 Å². The molecule has 0 amide bonds. The molecule has 4 rings (SSSR count). The van der Waals surface area contributed by atoms with Crippen LogP contribution in [-0.4, -0.2) is 35.2 Å². The van der Waals surface area contributed by atoms with Gasteiger partial charge in [-0.15, -0.1) is 4.99 Å². The number of benzene rings is 3. The molecule has 2 unspecified atom stereocenters. The Hall–Kier alpha value is -2.48. The Morgan fingerprint density at radius 1 is 1.00 bits per heavy atom. The summed E-state index contributed by atoms with van der Waals surface area (Å²) in [6.45, 7) is 5.03. The largest absolute Gasteiger partial charge is 0.389 e. The lowest BCUT2D eigenvalue weighted by Crippen LogP contribution is -2.46. The molecule has 1 aliphatic carbocycles. The smallest absolute Gasteiger partial charge is 0.0898 e. The summed E-state index contributed by atoms with van der Waals surface area (Å²) in [4.78, 5) is 4.03. The molecule has 6 heteroatoms. The van der Waals surface area contributed by atoms with Gasteiger partial charge in [0.25, 0.3) is 0 Å². The highest BCUT2D eigenvalue weighted by Crippen LogP contribution is 2.43. The maximum atomic E-state index is 10.6. The normalized spacial score (nSPS) is 16.0. The van der Waals surface area contributed by atoms with E-state index >= 15 is 0 Å². The van der Waals surface area contributed by atoms with Crippen molar-refractivity contribution >= 4 is 16.5 Å². The van der Waals surface area contributed by atoms with Gasteiger partial charge >= 0.3 is 0 Å². The van der Waals surface area contributed by atoms with E-state index < -0.39 is 6.10 Å². The van der Waals surface area contributed by atoms with Crippen LogP contribution >= 0.6 is 0 Å². The molecule has 1 fully saturated rings. The molecule has 176 valence electrons. The molecule has 33 heavy (non-hydrogen) atoms. The molecule has 4 N–H and O–H groups in total. The number of aliphatic hydroxyl groups is 1. The van der Waals surface area contributed by atoms with Crippen molar-refractivity contribution in [1.29, 1.82) is 0 Å². The zero-order valence-corrected chi connectivity index (χ0v) is 19.3. The average Bonchev–Trinajstić information content (AvgIpc) is 3.63. The zero-order valence-electron chi connectivity index (χ0n) is 19.3. The van der Waals surface area contributed by atoms with Crippen molar-refractivity contribution in [3.63, 3.8) is 0 Å². The van der Waals surface area contributed by atoms with Crippen molar-refractivity contribution in [2.24, 2.45) is 5.92 Å². The molecule has 6 nitrogen and oxygen atoms in total. The molecule has 0 heterocycles. The lowest BCUT2D eigenvalue weighted by Gasteiger charge is -2.29. The van der Waals surface area contributed by atoms with Crippen LogP contribution in [0.15, 0.2) is 66.7 Å². The highest BCUT2D eigenvalue weighted by Gasteiger charge is 2.33. The molecule has 3 aromatic carbocycles. The summed E-state index contributed by atoms with van der Waals surface area (Å²) in [5.41, 5.74) is 5.21. The molecule has 0 radical (unpaired) electrons. The minimum absolute atomic E-state index is 0.0781. The predicted molar refractivity (Wildman–Crippen MR) is 131 cm³/mol. The summed E-state index contributed by atoms with van der Waals surface area (Å²) >= 11 is 0. The number of hydrogen-bond donors (Lipinski definition) is 4. The van der Waals surface area contributed by atoms with E-state index in [2.05, 4.69) is 72.1 Å². The summed E-state index contributed by atoms with van der Waals surface area (Å²) in [6, 6.07) is 22.6. The summed E-state index contributed by atoms with van der Waals surface area (Å²) in [6.07, 6.45) is 2.41. The van der Waals surface area contributed by atoms with E-state index in [0.717, 1.165) is 24.8 Å². The van der Waals surface area contributed by atoms with Gasteiger partial charge in [0.15, 0.2) is 0 Å². The minimum Gasteiger partial charge on any atom is -0.389 e. The van der Waals surface area contributed by atoms with Gasteiger partial charge in [-0.25, -0.2) is 10.7 Å². The molecule has 3 aromatic rings. The quantitative estimate of drug-likeness (QED) is 0.227. The Morgan fingerprint density at radius 2 is 1.79 bits per heavy atom. The maximum absolute atomic E-state index is 10.6. The minimum atomic E-state index is -0.607. The van der Waals surface area contributed by atoms with Crippen molar-refractivity contribution in [1.82, 2.24) is 5.32 Å². The molecule has 0 saturated heterocycles. The van der Waals surface area contributed by atoms with Crippen LogP contribution in [0.3, 0.4) is 0 Å². The Bertz CT molecular complexity index is 1050. The van der Waals surface area contributed by atoms with E-state index in [0.29, 0.717) is 18.2 Å². The first-order chi connectivity index (χ1) is 15.9. The first-order valence-corrected chi connectivity index (χ1v) is 11.6. The Morgan fingerprint density at radius 3 is 2.55 bits per heavy atom. The van der Waals surface area contributed by atoms with Crippen LogP contribution in [0.5, 0.6) is 0 Å². The van der Waals surface area contributed by atoms with Gasteiger partial charge in [-0.1, -0.05) is 54.6 Å². The number of anilines is 1. The lowest BCUT2D eigenvalue weighted by atomic mass is 9.93. The molecule has 0 aliphatic heterocycles. The van der Waals surface area contributed by atoms with Gasteiger partial charge in [-0.2, -0.15) is 0 Å². The van der Waals surface area contributed by atoms with Crippen LogP contribution in [0.2, 0.25) is 0 Å². The summed E-state index contributed by atoms with van der Waals surface area (Å²) in [5, 5.41) is 25.2. The highest BCUT2D eigenvalue weighted by molar-refractivity contribution is 5.83. The van der Waals surface area contributed by atoms with Gasteiger partial charge in [-0.05, 0) is 73.1 Å². The molecule has 0 spiro atoms. The Kier molecular flexibility index (Phi) is 7.63. The van der Waals surface area contributed by atoms with Gasteiger partial charge in [0.05, 0.1) is 24.5 Å². The summed E-state index contributed by atoms with van der Waals surface area (Å²) in [7, 11) is 0. The predicted octanol–water partition coefficient (Wildman–Crippen LogP) is 5.10. The van der Waals surface area contributed by atoms with Crippen LogP contribution in [0, 0.1) is 5.92 Å². The van der Waals surface area contributed by atoms with E-state index in [-0.39, 0.29) is 18.2 Å². The number of fused-ring (bicyclic) bond motifs is 1. The number of ether oxygens (including phenoxy) is 1. The van der Waals surface area contributed by atoms with Crippen LogP contribution in [0.1, 0.15) is 43.9 Å². The third-order valence-corrected chi connectivity index (χ3v) is 6.17. The van der Waals surface area contributed by atoms with Crippen molar-refractivity contribution in [3.8, 4) is 0 Å². The second kappa shape index (κ2) is 10.6. The standard InChI is InChI=1S/C27H34N2O4/c1-27(2,16-19-10-11-20-6-3-4-7-22(20)14-19)28-17-25(30)18-32-26(21-12-13-21)23-8-5-9-24(15-23)29-33-31/h3-11,14-15,21,25-26,28-31H,12-13,16-18H2,1-2H3. The summed E-state index contributed by atoms with van der Waals surface area (Å²) in [5.74, 6) is 0.458.